The number of morpholine rings is 1. The lowest BCUT2D eigenvalue weighted by molar-refractivity contribution is -0.126. The third-order valence-electron chi connectivity index (χ3n) is 5.18. The molecule has 1 aromatic carbocycles. The highest BCUT2D eigenvalue weighted by Crippen LogP contribution is 2.28. The molecular formula is C19H24N4O2. The summed E-state index contributed by atoms with van der Waals surface area (Å²) in [6.07, 6.45) is 4.73. The van der Waals surface area contributed by atoms with E-state index in [0.717, 1.165) is 38.3 Å². The zero-order valence-electron chi connectivity index (χ0n) is 14.5. The maximum Gasteiger partial charge on any atom is 0.244 e. The number of anilines is 1. The first kappa shape index (κ1) is 16.3. The Balaban J connectivity index is 1.42. The predicted molar refractivity (Wildman–Crippen MR) is 95.5 cm³/mol. The Kier molecular flexibility index (Phi) is 4.55. The van der Waals surface area contributed by atoms with Gasteiger partial charge in [0.1, 0.15) is 0 Å². The van der Waals surface area contributed by atoms with Gasteiger partial charge in [0.2, 0.25) is 5.91 Å². The van der Waals surface area contributed by atoms with Gasteiger partial charge in [-0.3, -0.25) is 14.4 Å². The summed E-state index contributed by atoms with van der Waals surface area (Å²) in [5, 5.41) is 4.25. The summed E-state index contributed by atoms with van der Waals surface area (Å²) < 4.78 is 7.75. The van der Waals surface area contributed by atoms with E-state index in [0.29, 0.717) is 6.61 Å². The van der Waals surface area contributed by atoms with Crippen LogP contribution in [0.15, 0.2) is 42.7 Å². The fraction of sp³-hybridized carbons (Fsp3) is 0.474. The van der Waals surface area contributed by atoms with Crippen molar-refractivity contribution in [2.75, 3.05) is 31.1 Å². The van der Waals surface area contributed by atoms with Gasteiger partial charge in [-0.25, -0.2) is 0 Å². The standard InChI is InChI=1S/C19H24N4O2/c1-15(19(24)23-10-7-16-5-2-3-6-18(16)23)21-11-12-25-17(13-21)14-22-9-4-8-20-22/h2-6,8-9,15,17H,7,10-14H2,1H3. The zero-order valence-corrected chi connectivity index (χ0v) is 14.5. The lowest BCUT2D eigenvalue weighted by Gasteiger charge is -2.37. The fourth-order valence-corrected chi connectivity index (χ4v) is 3.77. The van der Waals surface area contributed by atoms with Crippen LogP contribution in [0.25, 0.3) is 0 Å². The summed E-state index contributed by atoms with van der Waals surface area (Å²) in [5.74, 6) is 0.185. The molecule has 3 heterocycles. The number of amides is 1. The lowest BCUT2D eigenvalue weighted by atomic mass is 10.1. The summed E-state index contributed by atoms with van der Waals surface area (Å²) in [7, 11) is 0. The van der Waals surface area contributed by atoms with E-state index in [2.05, 4.69) is 16.1 Å². The monoisotopic (exact) mass is 340 g/mol. The van der Waals surface area contributed by atoms with E-state index in [1.54, 1.807) is 6.20 Å². The minimum absolute atomic E-state index is 0.0646. The van der Waals surface area contributed by atoms with Gasteiger partial charge in [-0.1, -0.05) is 18.2 Å². The number of ether oxygens (including phenoxy) is 1. The van der Waals surface area contributed by atoms with Crippen molar-refractivity contribution in [1.29, 1.82) is 0 Å². The minimum atomic E-state index is -0.143. The van der Waals surface area contributed by atoms with Gasteiger partial charge in [-0.05, 0) is 31.0 Å². The molecule has 2 aromatic rings. The number of rotatable bonds is 4. The SMILES string of the molecule is CC(C(=O)N1CCc2ccccc21)N1CCOC(Cn2cccn2)C1. The van der Waals surface area contributed by atoms with E-state index in [9.17, 15) is 4.79 Å². The number of nitrogens with zero attached hydrogens (tertiary/aromatic N) is 4. The van der Waals surface area contributed by atoms with Gasteiger partial charge in [0.05, 0.1) is 25.3 Å². The highest BCUT2D eigenvalue weighted by Gasteiger charge is 2.33. The van der Waals surface area contributed by atoms with Crippen molar-refractivity contribution in [1.82, 2.24) is 14.7 Å². The number of benzene rings is 1. The number of carbonyl (C=O) groups is 1. The second-order valence-electron chi connectivity index (χ2n) is 6.76. The van der Waals surface area contributed by atoms with Crippen molar-refractivity contribution < 1.29 is 9.53 Å². The van der Waals surface area contributed by atoms with E-state index in [4.69, 9.17) is 4.74 Å². The molecular weight excluding hydrogens is 316 g/mol. The Morgan fingerprint density at radius 3 is 3.04 bits per heavy atom. The molecule has 0 aliphatic carbocycles. The molecule has 25 heavy (non-hydrogen) atoms. The highest BCUT2D eigenvalue weighted by atomic mass is 16.5. The van der Waals surface area contributed by atoms with Crippen LogP contribution in [0.5, 0.6) is 0 Å². The average Bonchev–Trinajstić information content (AvgIpc) is 3.30. The first-order valence-corrected chi connectivity index (χ1v) is 8.95. The summed E-state index contributed by atoms with van der Waals surface area (Å²) in [6, 6.07) is 9.98. The van der Waals surface area contributed by atoms with E-state index < -0.39 is 0 Å². The number of aromatic nitrogens is 2. The normalized spacial score (nSPS) is 22.0. The van der Waals surface area contributed by atoms with Crippen LogP contribution < -0.4 is 4.90 Å². The van der Waals surface area contributed by atoms with Crippen LogP contribution in [-0.2, 0) is 22.5 Å². The third-order valence-corrected chi connectivity index (χ3v) is 5.18. The fourth-order valence-electron chi connectivity index (χ4n) is 3.77. The van der Waals surface area contributed by atoms with Crippen LogP contribution in [0.4, 0.5) is 5.69 Å². The Morgan fingerprint density at radius 2 is 2.20 bits per heavy atom. The largest absolute Gasteiger partial charge is 0.374 e. The number of hydrogen-bond acceptors (Lipinski definition) is 4. The van der Waals surface area contributed by atoms with Crippen molar-refractivity contribution in [2.45, 2.75) is 32.0 Å². The topological polar surface area (TPSA) is 50.6 Å². The van der Waals surface area contributed by atoms with Gasteiger partial charge in [0, 0.05) is 37.7 Å². The minimum Gasteiger partial charge on any atom is -0.374 e. The molecule has 0 N–H and O–H groups in total. The smallest absolute Gasteiger partial charge is 0.244 e. The summed E-state index contributed by atoms with van der Waals surface area (Å²) in [6.45, 7) is 5.71. The molecule has 6 heteroatoms. The zero-order chi connectivity index (χ0) is 17.2. The summed E-state index contributed by atoms with van der Waals surface area (Å²) >= 11 is 0. The van der Waals surface area contributed by atoms with E-state index in [1.807, 2.05) is 47.0 Å². The molecule has 0 bridgehead atoms. The molecule has 0 spiro atoms. The molecule has 2 unspecified atom stereocenters. The van der Waals surface area contributed by atoms with Crippen molar-refractivity contribution in [3.63, 3.8) is 0 Å². The Hall–Kier alpha value is -2.18. The quantitative estimate of drug-likeness (QED) is 0.848. The van der Waals surface area contributed by atoms with Crippen molar-refractivity contribution in [3.8, 4) is 0 Å². The van der Waals surface area contributed by atoms with Gasteiger partial charge in [-0.2, -0.15) is 5.10 Å². The molecule has 1 saturated heterocycles. The average molecular weight is 340 g/mol. The second kappa shape index (κ2) is 6.98. The summed E-state index contributed by atoms with van der Waals surface area (Å²) in [4.78, 5) is 17.2. The molecule has 1 fully saturated rings. The van der Waals surface area contributed by atoms with Crippen LogP contribution in [0.2, 0.25) is 0 Å². The Labute approximate surface area is 148 Å². The van der Waals surface area contributed by atoms with E-state index in [1.165, 1.54) is 5.56 Å². The molecule has 2 aliphatic rings. The molecule has 2 aliphatic heterocycles. The molecule has 4 rings (SSSR count). The second-order valence-corrected chi connectivity index (χ2v) is 6.76. The van der Waals surface area contributed by atoms with Crippen LogP contribution in [0.3, 0.4) is 0 Å². The highest BCUT2D eigenvalue weighted by molar-refractivity contribution is 5.98. The Morgan fingerprint density at radius 1 is 1.32 bits per heavy atom. The van der Waals surface area contributed by atoms with Gasteiger partial charge in [0.25, 0.3) is 0 Å². The van der Waals surface area contributed by atoms with Gasteiger partial charge >= 0.3 is 0 Å². The predicted octanol–water partition coefficient (Wildman–Crippen LogP) is 1.56. The third kappa shape index (κ3) is 3.32. The van der Waals surface area contributed by atoms with Crippen molar-refractivity contribution in [2.24, 2.45) is 0 Å². The summed E-state index contributed by atoms with van der Waals surface area (Å²) in [5.41, 5.74) is 2.34. The molecule has 0 radical (unpaired) electrons. The van der Waals surface area contributed by atoms with Crippen LogP contribution in [0.1, 0.15) is 12.5 Å². The van der Waals surface area contributed by atoms with Crippen molar-refractivity contribution >= 4 is 11.6 Å². The van der Waals surface area contributed by atoms with Gasteiger partial charge in [-0.15, -0.1) is 0 Å². The van der Waals surface area contributed by atoms with E-state index >= 15 is 0 Å². The molecule has 1 amide bonds. The molecule has 2 atom stereocenters. The number of hydrogen-bond donors (Lipinski definition) is 0. The lowest BCUT2D eigenvalue weighted by Crippen LogP contribution is -2.53. The number of fused-ring (bicyclic) bond motifs is 1. The maximum atomic E-state index is 13.1. The first-order chi connectivity index (χ1) is 12.2. The molecule has 6 nitrogen and oxygen atoms in total. The Bertz CT molecular complexity index is 731. The molecule has 132 valence electrons. The first-order valence-electron chi connectivity index (χ1n) is 8.95. The number of carbonyl (C=O) groups excluding carboxylic acids is 1. The van der Waals surface area contributed by atoms with Crippen LogP contribution >= 0.6 is 0 Å². The maximum absolute atomic E-state index is 13.1. The van der Waals surface area contributed by atoms with Crippen LogP contribution in [-0.4, -0.2) is 59.0 Å². The van der Waals surface area contributed by atoms with Crippen LogP contribution in [0, 0.1) is 0 Å². The number of para-hydroxylation sites is 1. The van der Waals surface area contributed by atoms with Gasteiger partial charge in [0.15, 0.2) is 0 Å². The van der Waals surface area contributed by atoms with Gasteiger partial charge < -0.3 is 9.64 Å². The van der Waals surface area contributed by atoms with E-state index in [-0.39, 0.29) is 18.1 Å². The van der Waals surface area contributed by atoms with Crippen molar-refractivity contribution in [3.05, 3.63) is 48.3 Å². The molecule has 1 aromatic heterocycles. The molecule has 0 saturated carbocycles.